The van der Waals surface area contributed by atoms with Gasteiger partial charge in [0, 0.05) is 52.1 Å². The van der Waals surface area contributed by atoms with E-state index < -0.39 is 0 Å². The number of anilines is 2. The van der Waals surface area contributed by atoms with Gasteiger partial charge in [0.15, 0.2) is 0 Å². The van der Waals surface area contributed by atoms with Crippen LogP contribution in [0.15, 0.2) is 30.3 Å². The first-order chi connectivity index (χ1) is 11.4. The molecular formula is C18H25N5O. The standard InChI is InChI=1S/C18H25N5O/c1-6-15-11-16(21-18(20-15)23(4)5)19-12-13-8-7-9-14(10-13)17(24)22(2)3/h7-11H,6,12H2,1-5H3,(H,19,20,21). The maximum absolute atomic E-state index is 12.1. The molecule has 1 aromatic heterocycles. The first-order valence-corrected chi connectivity index (χ1v) is 8.00. The first kappa shape index (κ1) is 17.7. The Morgan fingerprint density at radius 2 is 1.88 bits per heavy atom. The van der Waals surface area contributed by atoms with Crippen LogP contribution in [0.1, 0.15) is 28.5 Å². The van der Waals surface area contributed by atoms with Crippen molar-refractivity contribution in [3.05, 3.63) is 47.2 Å². The second kappa shape index (κ2) is 7.77. The molecular weight excluding hydrogens is 302 g/mol. The third-order valence-electron chi connectivity index (χ3n) is 3.58. The summed E-state index contributed by atoms with van der Waals surface area (Å²) in [4.78, 5) is 24.5. The molecule has 1 aromatic carbocycles. The number of hydrogen-bond donors (Lipinski definition) is 1. The van der Waals surface area contributed by atoms with Crippen molar-refractivity contribution in [2.75, 3.05) is 38.4 Å². The van der Waals surface area contributed by atoms with Gasteiger partial charge in [-0.3, -0.25) is 4.79 Å². The van der Waals surface area contributed by atoms with E-state index in [9.17, 15) is 4.79 Å². The number of rotatable bonds is 6. The van der Waals surface area contributed by atoms with Gasteiger partial charge in [-0.05, 0) is 24.1 Å². The van der Waals surface area contributed by atoms with Crippen LogP contribution in [0.3, 0.4) is 0 Å². The Hall–Kier alpha value is -2.63. The van der Waals surface area contributed by atoms with Gasteiger partial charge in [-0.1, -0.05) is 19.1 Å². The zero-order valence-electron chi connectivity index (χ0n) is 15.0. The van der Waals surface area contributed by atoms with E-state index in [1.165, 1.54) is 0 Å². The Bertz CT molecular complexity index is 712. The summed E-state index contributed by atoms with van der Waals surface area (Å²) in [5.74, 6) is 1.48. The van der Waals surface area contributed by atoms with Gasteiger partial charge < -0.3 is 15.1 Å². The van der Waals surface area contributed by atoms with Crippen LogP contribution < -0.4 is 10.2 Å². The minimum Gasteiger partial charge on any atom is -0.366 e. The van der Waals surface area contributed by atoms with Crippen molar-refractivity contribution in [2.45, 2.75) is 19.9 Å². The lowest BCUT2D eigenvalue weighted by Gasteiger charge is -2.14. The highest BCUT2D eigenvalue weighted by Gasteiger charge is 2.09. The van der Waals surface area contributed by atoms with Crippen LogP contribution in [0.2, 0.25) is 0 Å². The molecule has 1 heterocycles. The van der Waals surface area contributed by atoms with Gasteiger partial charge in [-0.15, -0.1) is 0 Å². The van der Waals surface area contributed by atoms with E-state index in [0.717, 1.165) is 23.5 Å². The summed E-state index contributed by atoms with van der Waals surface area (Å²) in [5.41, 5.74) is 2.71. The molecule has 0 aliphatic carbocycles. The van der Waals surface area contributed by atoms with E-state index in [1.54, 1.807) is 19.0 Å². The van der Waals surface area contributed by atoms with E-state index >= 15 is 0 Å². The molecule has 24 heavy (non-hydrogen) atoms. The summed E-state index contributed by atoms with van der Waals surface area (Å²) in [7, 11) is 7.36. The molecule has 6 nitrogen and oxygen atoms in total. The second-order valence-corrected chi connectivity index (χ2v) is 6.05. The van der Waals surface area contributed by atoms with Crippen molar-refractivity contribution in [3.8, 4) is 0 Å². The summed E-state index contributed by atoms with van der Waals surface area (Å²) in [6.07, 6.45) is 0.852. The topological polar surface area (TPSA) is 61.4 Å². The fourth-order valence-electron chi connectivity index (χ4n) is 2.22. The lowest BCUT2D eigenvalue weighted by Crippen LogP contribution is -2.21. The van der Waals surface area contributed by atoms with Crippen LogP contribution in [0.4, 0.5) is 11.8 Å². The van der Waals surface area contributed by atoms with Crippen molar-refractivity contribution in [1.82, 2.24) is 14.9 Å². The van der Waals surface area contributed by atoms with E-state index in [1.807, 2.05) is 49.3 Å². The van der Waals surface area contributed by atoms with E-state index in [-0.39, 0.29) is 5.91 Å². The fraction of sp³-hybridized carbons (Fsp3) is 0.389. The average molecular weight is 327 g/mol. The molecule has 0 bridgehead atoms. The van der Waals surface area contributed by atoms with Crippen molar-refractivity contribution in [1.29, 1.82) is 0 Å². The molecule has 0 aliphatic heterocycles. The molecule has 0 spiro atoms. The average Bonchev–Trinajstić information content (AvgIpc) is 2.59. The summed E-state index contributed by atoms with van der Waals surface area (Å²) in [6, 6.07) is 9.59. The smallest absolute Gasteiger partial charge is 0.253 e. The number of aryl methyl sites for hydroxylation is 1. The molecule has 0 atom stereocenters. The SMILES string of the molecule is CCc1cc(NCc2cccc(C(=O)N(C)C)c2)nc(N(C)C)n1. The van der Waals surface area contributed by atoms with Gasteiger partial charge in [0.1, 0.15) is 5.82 Å². The molecule has 2 rings (SSSR count). The van der Waals surface area contributed by atoms with Crippen molar-refractivity contribution < 1.29 is 4.79 Å². The highest BCUT2D eigenvalue weighted by molar-refractivity contribution is 5.94. The number of carbonyl (C=O) groups excluding carboxylic acids is 1. The maximum atomic E-state index is 12.1. The lowest BCUT2D eigenvalue weighted by atomic mass is 10.1. The van der Waals surface area contributed by atoms with Gasteiger partial charge in [0.05, 0.1) is 0 Å². The number of aromatic nitrogens is 2. The molecule has 2 aromatic rings. The van der Waals surface area contributed by atoms with Crippen LogP contribution in [-0.2, 0) is 13.0 Å². The highest BCUT2D eigenvalue weighted by Crippen LogP contribution is 2.15. The molecule has 0 saturated carbocycles. The molecule has 1 N–H and O–H groups in total. The molecule has 0 aliphatic rings. The normalized spacial score (nSPS) is 10.4. The Labute approximate surface area is 143 Å². The van der Waals surface area contributed by atoms with Crippen LogP contribution in [0, 0.1) is 0 Å². The first-order valence-electron chi connectivity index (χ1n) is 8.00. The number of amides is 1. The van der Waals surface area contributed by atoms with Crippen LogP contribution in [0.5, 0.6) is 0 Å². The van der Waals surface area contributed by atoms with Crippen LogP contribution in [0.25, 0.3) is 0 Å². The molecule has 0 saturated heterocycles. The number of nitrogens with one attached hydrogen (secondary N) is 1. The van der Waals surface area contributed by atoms with Crippen LogP contribution >= 0.6 is 0 Å². The third kappa shape index (κ3) is 4.44. The van der Waals surface area contributed by atoms with Crippen molar-refractivity contribution >= 4 is 17.7 Å². The monoisotopic (exact) mass is 327 g/mol. The number of hydrogen-bond acceptors (Lipinski definition) is 5. The summed E-state index contributed by atoms with van der Waals surface area (Å²) in [5, 5.41) is 3.32. The summed E-state index contributed by atoms with van der Waals surface area (Å²) in [6.45, 7) is 2.67. The quantitative estimate of drug-likeness (QED) is 0.883. The van der Waals surface area contributed by atoms with Gasteiger partial charge in [0.2, 0.25) is 5.95 Å². The second-order valence-electron chi connectivity index (χ2n) is 6.05. The predicted octanol–water partition coefficient (Wildman–Crippen LogP) is 2.42. The fourth-order valence-corrected chi connectivity index (χ4v) is 2.22. The maximum Gasteiger partial charge on any atom is 0.253 e. The van der Waals surface area contributed by atoms with Crippen LogP contribution in [-0.4, -0.2) is 49.0 Å². The zero-order chi connectivity index (χ0) is 17.7. The molecule has 1 amide bonds. The minimum absolute atomic E-state index is 0.00190. The Morgan fingerprint density at radius 3 is 2.50 bits per heavy atom. The number of nitrogens with zero attached hydrogens (tertiary/aromatic N) is 4. The molecule has 0 unspecified atom stereocenters. The highest BCUT2D eigenvalue weighted by atomic mass is 16.2. The predicted molar refractivity (Wildman–Crippen MR) is 97.5 cm³/mol. The minimum atomic E-state index is 0.00190. The van der Waals surface area contributed by atoms with Gasteiger partial charge in [0.25, 0.3) is 5.91 Å². The number of carbonyl (C=O) groups is 1. The van der Waals surface area contributed by atoms with Gasteiger partial charge in [-0.25, -0.2) is 4.98 Å². The largest absolute Gasteiger partial charge is 0.366 e. The number of benzene rings is 1. The molecule has 0 fully saturated rings. The lowest BCUT2D eigenvalue weighted by molar-refractivity contribution is 0.0827. The van der Waals surface area contributed by atoms with Gasteiger partial charge >= 0.3 is 0 Å². The van der Waals surface area contributed by atoms with Crippen molar-refractivity contribution in [3.63, 3.8) is 0 Å². The Morgan fingerprint density at radius 1 is 1.12 bits per heavy atom. The molecule has 0 radical (unpaired) electrons. The summed E-state index contributed by atoms with van der Waals surface area (Å²) >= 11 is 0. The van der Waals surface area contributed by atoms with E-state index in [0.29, 0.717) is 18.1 Å². The van der Waals surface area contributed by atoms with Crippen molar-refractivity contribution in [2.24, 2.45) is 0 Å². The molecule has 6 heteroatoms. The Balaban J connectivity index is 2.15. The zero-order valence-corrected chi connectivity index (χ0v) is 15.0. The van der Waals surface area contributed by atoms with E-state index in [2.05, 4.69) is 22.2 Å². The van der Waals surface area contributed by atoms with E-state index in [4.69, 9.17) is 0 Å². The summed E-state index contributed by atoms with van der Waals surface area (Å²) < 4.78 is 0. The molecule has 128 valence electrons. The third-order valence-corrected chi connectivity index (χ3v) is 3.58. The Kier molecular flexibility index (Phi) is 5.73. The van der Waals surface area contributed by atoms with Gasteiger partial charge in [-0.2, -0.15) is 4.98 Å².